The van der Waals surface area contributed by atoms with Crippen molar-refractivity contribution in [2.24, 2.45) is 0 Å². The first-order valence-electron chi connectivity index (χ1n) is 9.66. The molecular weight excluding hydrogens is 442 g/mol. The van der Waals surface area contributed by atoms with Crippen molar-refractivity contribution in [3.63, 3.8) is 0 Å². The van der Waals surface area contributed by atoms with Gasteiger partial charge in [0.2, 0.25) is 0 Å². The van der Waals surface area contributed by atoms with Gasteiger partial charge in [0.25, 0.3) is 5.91 Å². The van der Waals surface area contributed by atoms with E-state index < -0.39 is 0 Å². The predicted octanol–water partition coefficient (Wildman–Crippen LogP) is 4.81. The number of aryl methyl sites for hydroxylation is 1. The van der Waals surface area contributed by atoms with Crippen molar-refractivity contribution in [3.8, 4) is 0 Å². The summed E-state index contributed by atoms with van der Waals surface area (Å²) in [4.78, 5) is 12.6. The van der Waals surface area contributed by atoms with Gasteiger partial charge in [0.1, 0.15) is 0 Å². The number of hydrogen-bond donors (Lipinski definition) is 1. The van der Waals surface area contributed by atoms with E-state index in [2.05, 4.69) is 31.4 Å². The van der Waals surface area contributed by atoms with E-state index in [9.17, 15) is 4.79 Å². The topological polar surface area (TPSA) is 64.7 Å². The van der Waals surface area contributed by atoms with Gasteiger partial charge in [-0.3, -0.25) is 14.2 Å². The molecule has 0 aliphatic rings. The molecule has 0 atom stereocenters. The number of aromatic nitrogens is 4. The first-order valence-corrected chi connectivity index (χ1v) is 10.4. The molecule has 0 saturated heterocycles. The molecule has 0 unspecified atom stereocenters. The molecule has 0 saturated carbocycles. The minimum absolute atomic E-state index is 0.158. The third-order valence-electron chi connectivity index (χ3n) is 4.92. The average molecular weight is 464 g/mol. The maximum Gasteiger partial charge on any atom is 0.255 e. The first kappa shape index (κ1) is 20.1. The molecule has 0 aliphatic carbocycles. The van der Waals surface area contributed by atoms with Crippen LogP contribution in [0.15, 0.2) is 71.5 Å². The molecule has 2 aromatic carbocycles. The Morgan fingerprint density at radius 3 is 2.37 bits per heavy atom. The highest BCUT2D eigenvalue weighted by Gasteiger charge is 2.11. The Labute approximate surface area is 183 Å². The Balaban J connectivity index is 1.39. The smallest absolute Gasteiger partial charge is 0.255 e. The quantitative estimate of drug-likeness (QED) is 0.446. The van der Waals surface area contributed by atoms with Crippen LogP contribution in [0.4, 0.5) is 5.69 Å². The summed E-state index contributed by atoms with van der Waals surface area (Å²) in [5.74, 6) is -0.158. The van der Waals surface area contributed by atoms with E-state index in [1.165, 1.54) is 0 Å². The third kappa shape index (κ3) is 4.52. The summed E-state index contributed by atoms with van der Waals surface area (Å²) in [6.07, 6.45) is 3.50. The standard InChI is InChI=1S/C23H22BrN5O/c1-16-22(24)17(2)29(27-16)14-19-8-10-20(11-9-19)23(30)26-21-12-25-28(15-21)13-18-6-4-3-5-7-18/h3-12,15H,13-14H2,1-2H3,(H,26,30). The van der Waals surface area contributed by atoms with E-state index in [1.807, 2.05) is 79.3 Å². The van der Waals surface area contributed by atoms with E-state index in [0.717, 1.165) is 27.0 Å². The monoisotopic (exact) mass is 463 g/mol. The minimum Gasteiger partial charge on any atom is -0.319 e. The largest absolute Gasteiger partial charge is 0.319 e. The highest BCUT2D eigenvalue weighted by Crippen LogP contribution is 2.21. The van der Waals surface area contributed by atoms with Crippen LogP contribution in [0.2, 0.25) is 0 Å². The van der Waals surface area contributed by atoms with Crippen molar-refractivity contribution in [1.29, 1.82) is 0 Å². The number of rotatable bonds is 6. The lowest BCUT2D eigenvalue weighted by Crippen LogP contribution is -2.12. The number of hydrogen-bond acceptors (Lipinski definition) is 3. The van der Waals surface area contributed by atoms with E-state index in [1.54, 1.807) is 10.9 Å². The maximum atomic E-state index is 12.6. The summed E-state index contributed by atoms with van der Waals surface area (Å²) in [5.41, 5.74) is 5.57. The number of anilines is 1. The molecule has 0 radical (unpaired) electrons. The summed E-state index contributed by atoms with van der Waals surface area (Å²) < 4.78 is 4.79. The first-order chi connectivity index (χ1) is 14.5. The highest BCUT2D eigenvalue weighted by molar-refractivity contribution is 9.10. The van der Waals surface area contributed by atoms with Gasteiger partial charge < -0.3 is 5.32 Å². The van der Waals surface area contributed by atoms with Crippen LogP contribution in [0.5, 0.6) is 0 Å². The number of carbonyl (C=O) groups excluding carboxylic acids is 1. The number of nitrogens with one attached hydrogen (secondary N) is 1. The van der Waals surface area contributed by atoms with E-state index in [-0.39, 0.29) is 5.91 Å². The molecule has 2 heterocycles. The Bertz CT molecular complexity index is 1160. The maximum absolute atomic E-state index is 12.6. The number of amides is 1. The second-order valence-corrected chi connectivity index (χ2v) is 8.00. The van der Waals surface area contributed by atoms with Crippen LogP contribution in [0.3, 0.4) is 0 Å². The van der Waals surface area contributed by atoms with Crippen LogP contribution in [0.25, 0.3) is 0 Å². The molecule has 2 aromatic heterocycles. The number of halogens is 1. The zero-order valence-corrected chi connectivity index (χ0v) is 18.4. The van der Waals surface area contributed by atoms with Gasteiger partial charge in [-0.15, -0.1) is 0 Å². The molecule has 7 heteroatoms. The van der Waals surface area contributed by atoms with Gasteiger partial charge in [-0.2, -0.15) is 10.2 Å². The van der Waals surface area contributed by atoms with Gasteiger partial charge in [-0.05, 0) is 53.0 Å². The van der Waals surface area contributed by atoms with Crippen molar-refractivity contribution in [2.45, 2.75) is 26.9 Å². The van der Waals surface area contributed by atoms with Crippen LogP contribution >= 0.6 is 15.9 Å². The second-order valence-electron chi connectivity index (χ2n) is 7.21. The minimum atomic E-state index is -0.158. The summed E-state index contributed by atoms with van der Waals surface area (Å²) in [6, 6.07) is 17.7. The molecule has 30 heavy (non-hydrogen) atoms. The highest BCUT2D eigenvalue weighted by atomic mass is 79.9. The fraction of sp³-hybridized carbons (Fsp3) is 0.174. The molecule has 4 rings (SSSR count). The van der Waals surface area contributed by atoms with Crippen LogP contribution in [0.1, 0.15) is 32.9 Å². The zero-order chi connectivity index (χ0) is 21.1. The summed E-state index contributed by atoms with van der Waals surface area (Å²) in [7, 11) is 0. The molecular formula is C23H22BrN5O. The Morgan fingerprint density at radius 1 is 1.00 bits per heavy atom. The van der Waals surface area contributed by atoms with Gasteiger partial charge in [-0.1, -0.05) is 42.5 Å². The van der Waals surface area contributed by atoms with Gasteiger partial charge in [-0.25, -0.2) is 0 Å². The molecule has 1 N–H and O–H groups in total. The SMILES string of the molecule is Cc1nn(Cc2ccc(C(=O)Nc3cnn(Cc4ccccc4)c3)cc2)c(C)c1Br. The van der Waals surface area contributed by atoms with Crippen molar-refractivity contribution < 1.29 is 4.79 Å². The van der Waals surface area contributed by atoms with Crippen molar-refractivity contribution in [1.82, 2.24) is 19.6 Å². The summed E-state index contributed by atoms with van der Waals surface area (Å²) in [5, 5.41) is 11.8. The molecule has 6 nitrogen and oxygen atoms in total. The van der Waals surface area contributed by atoms with Crippen LogP contribution < -0.4 is 5.32 Å². The lowest BCUT2D eigenvalue weighted by atomic mass is 10.1. The Kier molecular flexibility index (Phi) is 5.81. The predicted molar refractivity (Wildman–Crippen MR) is 121 cm³/mol. The van der Waals surface area contributed by atoms with E-state index >= 15 is 0 Å². The third-order valence-corrected chi connectivity index (χ3v) is 6.07. The number of carbonyl (C=O) groups is 1. The van der Waals surface area contributed by atoms with Gasteiger partial charge in [0.15, 0.2) is 0 Å². The van der Waals surface area contributed by atoms with Gasteiger partial charge >= 0.3 is 0 Å². The lowest BCUT2D eigenvalue weighted by molar-refractivity contribution is 0.102. The fourth-order valence-electron chi connectivity index (χ4n) is 3.25. The van der Waals surface area contributed by atoms with Crippen LogP contribution in [-0.4, -0.2) is 25.5 Å². The van der Waals surface area contributed by atoms with Crippen molar-refractivity contribution in [2.75, 3.05) is 5.32 Å². The molecule has 0 spiro atoms. The number of nitrogens with zero attached hydrogens (tertiary/aromatic N) is 4. The normalized spacial score (nSPS) is 10.9. The molecule has 4 aromatic rings. The van der Waals surface area contributed by atoms with Gasteiger partial charge in [0.05, 0.1) is 40.8 Å². The van der Waals surface area contributed by atoms with E-state index in [4.69, 9.17) is 0 Å². The van der Waals surface area contributed by atoms with Gasteiger partial charge in [0, 0.05) is 11.8 Å². The van der Waals surface area contributed by atoms with Crippen molar-refractivity contribution >= 4 is 27.5 Å². The van der Waals surface area contributed by atoms with Crippen LogP contribution in [-0.2, 0) is 13.1 Å². The van der Waals surface area contributed by atoms with Crippen molar-refractivity contribution in [3.05, 3.63) is 99.5 Å². The average Bonchev–Trinajstić information content (AvgIpc) is 3.28. The molecule has 0 aliphatic heterocycles. The Morgan fingerprint density at radius 2 is 1.70 bits per heavy atom. The number of benzene rings is 2. The summed E-state index contributed by atoms with van der Waals surface area (Å²) in [6.45, 7) is 5.33. The summed E-state index contributed by atoms with van der Waals surface area (Å²) >= 11 is 3.55. The Hall–Kier alpha value is -3.19. The molecule has 1 amide bonds. The molecule has 0 bridgehead atoms. The molecule has 0 fully saturated rings. The second kappa shape index (κ2) is 8.67. The lowest BCUT2D eigenvalue weighted by Gasteiger charge is -2.07. The molecule has 152 valence electrons. The van der Waals surface area contributed by atoms with Crippen LogP contribution in [0, 0.1) is 13.8 Å². The van der Waals surface area contributed by atoms with E-state index in [0.29, 0.717) is 24.3 Å². The zero-order valence-electron chi connectivity index (χ0n) is 16.8. The fourth-order valence-corrected chi connectivity index (χ4v) is 3.54.